The molecule has 23 heavy (non-hydrogen) atoms. The molecule has 0 spiro atoms. The molecule has 2 aromatic heterocycles. The summed E-state index contributed by atoms with van der Waals surface area (Å²) >= 11 is 0. The second-order valence-electron chi connectivity index (χ2n) is 5.99. The van der Waals surface area contributed by atoms with E-state index in [9.17, 15) is 0 Å². The number of tetrazole rings is 1. The van der Waals surface area contributed by atoms with Gasteiger partial charge < -0.3 is 9.88 Å². The molecule has 0 aliphatic carbocycles. The zero-order chi connectivity index (χ0) is 15.6. The topological polar surface area (TPSA) is 75.5 Å². The molecular weight excluding hydrogens is 290 g/mol. The Bertz CT molecular complexity index is 760. The predicted molar refractivity (Wildman–Crippen MR) is 86.7 cm³/mol. The standard InChI is InChI=1S/C16H19N7/c1-12-4-6-14(7-5-12)23-16(19-20-21-23)22-10-2-3-13(11-22)15-17-8-9-18-15/h4-9,13H,2-3,10-11H2,1H3,(H,17,18). The number of piperidine rings is 1. The van der Waals surface area contributed by atoms with E-state index in [1.165, 1.54) is 5.56 Å². The molecule has 0 radical (unpaired) electrons. The molecular formula is C16H19N7. The maximum absolute atomic E-state index is 4.41. The highest BCUT2D eigenvalue weighted by Gasteiger charge is 2.26. The Balaban J connectivity index is 1.61. The molecule has 1 aliphatic rings. The highest BCUT2D eigenvalue weighted by molar-refractivity contribution is 5.42. The van der Waals surface area contributed by atoms with Gasteiger partial charge in [0.25, 0.3) is 0 Å². The Morgan fingerprint density at radius 1 is 1.22 bits per heavy atom. The van der Waals surface area contributed by atoms with Gasteiger partial charge in [-0.1, -0.05) is 22.8 Å². The number of aryl methyl sites for hydroxylation is 1. The van der Waals surface area contributed by atoms with Crippen LogP contribution in [0.1, 0.15) is 30.1 Å². The summed E-state index contributed by atoms with van der Waals surface area (Å²) in [5.41, 5.74) is 2.20. The first-order chi connectivity index (χ1) is 11.3. The van der Waals surface area contributed by atoms with Crippen LogP contribution in [0.4, 0.5) is 5.95 Å². The highest BCUT2D eigenvalue weighted by atomic mass is 15.6. The molecule has 1 aromatic carbocycles. The Morgan fingerprint density at radius 3 is 2.87 bits per heavy atom. The summed E-state index contributed by atoms with van der Waals surface area (Å²) < 4.78 is 1.81. The number of rotatable bonds is 3. The monoisotopic (exact) mass is 309 g/mol. The molecule has 1 unspecified atom stereocenters. The van der Waals surface area contributed by atoms with Crippen LogP contribution >= 0.6 is 0 Å². The van der Waals surface area contributed by atoms with Gasteiger partial charge in [0.1, 0.15) is 5.82 Å². The number of nitrogens with one attached hydrogen (secondary N) is 1. The van der Waals surface area contributed by atoms with Crippen LogP contribution in [0.3, 0.4) is 0 Å². The average molecular weight is 309 g/mol. The summed E-state index contributed by atoms with van der Waals surface area (Å²) in [4.78, 5) is 9.88. The van der Waals surface area contributed by atoms with Crippen LogP contribution in [0.15, 0.2) is 36.7 Å². The van der Waals surface area contributed by atoms with Gasteiger partial charge in [-0.25, -0.2) is 4.98 Å². The van der Waals surface area contributed by atoms with Gasteiger partial charge in [0.15, 0.2) is 0 Å². The Kier molecular flexibility index (Phi) is 3.53. The van der Waals surface area contributed by atoms with E-state index >= 15 is 0 Å². The van der Waals surface area contributed by atoms with Crippen molar-refractivity contribution >= 4 is 5.95 Å². The molecule has 0 saturated carbocycles. The Morgan fingerprint density at radius 2 is 2.09 bits per heavy atom. The van der Waals surface area contributed by atoms with E-state index in [1.54, 1.807) is 0 Å². The van der Waals surface area contributed by atoms with Crippen molar-refractivity contribution in [1.29, 1.82) is 0 Å². The number of H-pyrrole nitrogens is 1. The van der Waals surface area contributed by atoms with Crippen molar-refractivity contribution in [3.63, 3.8) is 0 Å². The molecule has 1 atom stereocenters. The third-order valence-corrected chi connectivity index (χ3v) is 4.34. The number of aromatic nitrogens is 6. The van der Waals surface area contributed by atoms with Gasteiger partial charge in [-0.3, -0.25) is 0 Å². The minimum absolute atomic E-state index is 0.391. The van der Waals surface area contributed by atoms with E-state index in [0.717, 1.165) is 43.4 Å². The quantitative estimate of drug-likeness (QED) is 0.801. The van der Waals surface area contributed by atoms with Gasteiger partial charge in [-0.2, -0.15) is 4.68 Å². The van der Waals surface area contributed by atoms with E-state index in [0.29, 0.717) is 5.92 Å². The zero-order valence-corrected chi connectivity index (χ0v) is 13.1. The van der Waals surface area contributed by atoms with Crippen LogP contribution in [0.2, 0.25) is 0 Å². The van der Waals surface area contributed by atoms with Gasteiger partial charge in [0.2, 0.25) is 5.95 Å². The molecule has 7 heteroatoms. The SMILES string of the molecule is Cc1ccc(-n2nnnc2N2CCCC(c3ncc[nH]3)C2)cc1. The first-order valence-electron chi connectivity index (χ1n) is 7.91. The Labute approximate surface area is 134 Å². The predicted octanol–water partition coefficient (Wildman–Crippen LogP) is 2.08. The average Bonchev–Trinajstić information content (AvgIpc) is 3.27. The molecule has 0 amide bonds. The van der Waals surface area contributed by atoms with E-state index in [-0.39, 0.29) is 0 Å². The van der Waals surface area contributed by atoms with E-state index in [1.807, 2.05) is 29.2 Å². The summed E-state index contributed by atoms with van der Waals surface area (Å²) in [6.07, 6.45) is 5.93. The number of nitrogens with zero attached hydrogens (tertiary/aromatic N) is 6. The largest absolute Gasteiger partial charge is 0.348 e. The summed E-state index contributed by atoms with van der Waals surface area (Å²) in [6.45, 7) is 3.91. The van der Waals surface area contributed by atoms with Crippen molar-refractivity contribution in [2.45, 2.75) is 25.7 Å². The lowest BCUT2D eigenvalue weighted by molar-refractivity contribution is 0.486. The van der Waals surface area contributed by atoms with Crippen LogP contribution in [0, 0.1) is 6.92 Å². The molecule has 3 heterocycles. The van der Waals surface area contributed by atoms with Crippen molar-refractivity contribution in [2.75, 3.05) is 18.0 Å². The molecule has 1 fully saturated rings. The lowest BCUT2D eigenvalue weighted by Crippen LogP contribution is -2.36. The van der Waals surface area contributed by atoms with Gasteiger partial charge in [0.05, 0.1) is 5.69 Å². The van der Waals surface area contributed by atoms with Crippen LogP contribution in [-0.2, 0) is 0 Å². The number of hydrogen-bond donors (Lipinski definition) is 1. The molecule has 7 nitrogen and oxygen atoms in total. The fourth-order valence-corrected chi connectivity index (χ4v) is 3.12. The maximum atomic E-state index is 4.41. The van der Waals surface area contributed by atoms with E-state index in [2.05, 4.69) is 49.4 Å². The van der Waals surface area contributed by atoms with Crippen molar-refractivity contribution < 1.29 is 0 Å². The normalized spacial score (nSPS) is 18.3. The summed E-state index contributed by atoms with van der Waals surface area (Å²) in [5.74, 6) is 2.23. The van der Waals surface area contributed by atoms with Crippen molar-refractivity contribution in [2.24, 2.45) is 0 Å². The summed E-state index contributed by atoms with van der Waals surface area (Å²) in [7, 11) is 0. The summed E-state index contributed by atoms with van der Waals surface area (Å²) in [5, 5.41) is 12.3. The molecule has 1 aliphatic heterocycles. The Hall–Kier alpha value is -2.70. The number of imidazole rings is 1. The lowest BCUT2D eigenvalue weighted by atomic mass is 9.98. The van der Waals surface area contributed by atoms with Crippen molar-refractivity contribution in [3.05, 3.63) is 48.0 Å². The molecule has 118 valence electrons. The first kappa shape index (κ1) is 13.9. The van der Waals surface area contributed by atoms with Gasteiger partial charge in [-0.15, -0.1) is 0 Å². The van der Waals surface area contributed by atoms with Crippen LogP contribution in [0.5, 0.6) is 0 Å². The second-order valence-corrected chi connectivity index (χ2v) is 5.99. The van der Waals surface area contributed by atoms with Crippen LogP contribution in [0.25, 0.3) is 5.69 Å². The minimum Gasteiger partial charge on any atom is -0.348 e. The number of anilines is 1. The molecule has 4 rings (SSSR count). The summed E-state index contributed by atoms with van der Waals surface area (Å²) in [6, 6.07) is 8.23. The fraction of sp³-hybridized carbons (Fsp3) is 0.375. The fourth-order valence-electron chi connectivity index (χ4n) is 3.12. The molecule has 3 aromatic rings. The van der Waals surface area contributed by atoms with E-state index < -0.39 is 0 Å². The number of benzene rings is 1. The third kappa shape index (κ3) is 2.69. The molecule has 1 saturated heterocycles. The van der Waals surface area contributed by atoms with Crippen LogP contribution < -0.4 is 4.90 Å². The minimum atomic E-state index is 0.391. The smallest absolute Gasteiger partial charge is 0.250 e. The van der Waals surface area contributed by atoms with E-state index in [4.69, 9.17) is 0 Å². The van der Waals surface area contributed by atoms with Crippen molar-refractivity contribution in [1.82, 2.24) is 30.2 Å². The second kappa shape index (κ2) is 5.83. The number of aromatic amines is 1. The molecule has 1 N–H and O–H groups in total. The number of hydrogen-bond acceptors (Lipinski definition) is 5. The molecule has 0 bridgehead atoms. The third-order valence-electron chi connectivity index (χ3n) is 4.34. The van der Waals surface area contributed by atoms with Crippen molar-refractivity contribution in [3.8, 4) is 5.69 Å². The maximum Gasteiger partial charge on any atom is 0.250 e. The van der Waals surface area contributed by atoms with Gasteiger partial charge in [-0.05, 0) is 42.3 Å². The van der Waals surface area contributed by atoms with Crippen LogP contribution in [-0.4, -0.2) is 43.3 Å². The highest BCUT2D eigenvalue weighted by Crippen LogP contribution is 2.27. The zero-order valence-electron chi connectivity index (χ0n) is 13.1. The van der Waals surface area contributed by atoms with Gasteiger partial charge in [0, 0.05) is 31.4 Å². The van der Waals surface area contributed by atoms with Gasteiger partial charge >= 0.3 is 0 Å². The first-order valence-corrected chi connectivity index (χ1v) is 7.91. The lowest BCUT2D eigenvalue weighted by Gasteiger charge is -2.31.